The van der Waals surface area contributed by atoms with Crippen molar-refractivity contribution in [2.24, 2.45) is 0 Å². The monoisotopic (exact) mass is 336 g/mol. The van der Waals surface area contributed by atoms with E-state index >= 15 is 0 Å². The van der Waals surface area contributed by atoms with E-state index in [2.05, 4.69) is 15.6 Å². The van der Waals surface area contributed by atoms with Crippen molar-refractivity contribution < 1.29 is 9.59 Å². The molecule has 0 saturated carbocycles. The molecule has 0 fully saturated rings. The second-order valence-electron chi connectivity index (χ2n) is 6.05. The zero-order valence-corrected chi connectivity index (χ0v) is 14.7. The number of pyridine rings is 1. The van der Waals surface area contributed by atoms with E-state index in [1.807, 2.05) is 26.8 Å². The topological polar surface area (TPSA) is 94.9 Å². The summed E-state index contributed by atoms with van der Waals surface area (Å²) < 4.78 is 0. The Labute approximate surface area is 146 Å². The van der Waals surface area contributed by atoms with Crippen LogP contribution < -0.4 is 10.6 Å². The van der Waals surface area contributed by atoms with Gasteiger partial charge in [-0.2, -0.15) is 5.26 Å². The molecule has 0 aliphatic rings. The van der Waals surface area contributed by atoms with E-state index in [1.54, 1.807) is 31.2 Å². The minimum atomic E-state index is -0.369. The second kappa shape index (κ2) is 7.58. The maximum Gasteiger partial charge on any atom is 0.274 e. The Morgan fingerprint density at radius 3 is 2.40 bits per heavy atom. The van der Waals surface area contributed by atoms with Gasteiger partial charge in [0.05, 0.1) is 11.3 Å². The molecule has 0 unspecified atom stereocenters. The van der Waals surface area contributed by atoms with Crippen LogP contribution in [-0.4, -0.2) is 22.8 Å². The van der Waals surface area contributed by atoms with Gasteiger partial charge in [-0.05, 0) is 63.6 Å². The Morgan fingerprint density at radius 1 is 1.12 bits per heavy atom. The highest BCUT2D eigenvalue weighted by Crippen LogP contribution is 2.16. The van der Waals surface area contributed by atoms with E-state index in [9.17, 15) is 9.59 Å². The van der Waals surface area contributed by atoms with Crippen molar-refractivity contribution in [2.45, 2.75) is 33.7 Å². The average molecular weight is 336 g/mol. The summed E-state index contributed by atoms with van der Waals surface area (Å²) in [5, 5.41) is 14.5. The fourth-order valence-electron chi connectivity index (χ4n) is 2.34. The summed E-state index contributed by atoms with van der Waals surface area (Å²) in [6, 6.07) is 10.3. The molecule has 6 nitrogen and oxygen atoms in total. The Kier molecular flexibility index (Phi) is 5.50. The summed E-state index contributed by atoms with van der Waals surface area (Å²) >= 11 is 0. The van der Waals surface area contributed by atoms with Gasteiger partial charge in [0.25, 0.3) is 11.8 Å². The third-order valence-electron chi connectivity index (χ3n) is 3.59. The lowest BCUT2D eigenvalue weighted by Crippen LogP contribution is -2.30. The van der Waals surface area contributed by atoms with E-state index in [1.165, 1.54) is 6.07 Å². The van der Waals surface area contributed by atoms with E-state index in [0.29, 0.717) is 22.5 Å². The number of aromatic nitrogens is 1. The fraction of sp³-hybridized carbons (Fsp3) is 0.263. The number of aryl methyl sites for hydroxylation is 2. The molecule has 0 aliphatic heterocycles. The van der Waals surface area contributed by atoms with Crippen LogP contribution in [-0.2, 0) is 0 Å². The molecule has 0 spiro atoms. The Morgan fingerprint density at radius 2 is 1.84 bits per heavy atom. The Hall–Kier alpha value is -3.20. The number of carbonyl (C=O) groups is 2. The van der Waals surface area contributed by atoms with Gasteiger partial charge in [-0.1, -0.05) is 0 Å². The van der Waals surface area contributed by atoms with Crippen LogP contribution in [0.4, 0.5) is 5.69 Å². The largest absolute Gasteiger partial charge is 0.350 e. The minimum absolute atomic E-state index is 0.0528. The highest BCUT2D eigenvalue weighted by Gasteiger charge is 2.13. The standard InChI is InChI=1S/C19H20N4O2/c1-11(2)21-18(24)16-7-6-15(9-12(16)3)23-19(25)17-8-5-14(10-20)13(4)22-17/h5-9,11H,1-4H3,(H,21,24)(H,23,25). The highest BCUT2D eigenvalue weighted by molar-refractivity contribution is 6.03. The quantitative estimate of drug-likeness (QED) is 0.897. The van der Waals surface area contributed by atoms with Crippen molar-refractivity contribution in [1.82, 2.24) is 10.3 Å². The number of hydrogen-bond acceptors (Lipinski definition) is 4. The normalized spacial score (nSPS) is 10.2. The maximum absolute atomic E-state index is 12.3. The number of amides is 2. The first kappa shape index (κ1) is 18.1. The third kappa shape index (κ3) is 4.42. The molecule has 6 heteroatoms. The van der Waals surface area contributed by atoms with Crippen LogP contribution in [0, 0.1) is 25.2 Å². The number of nitrogens with one attached hydrogen (secondary N) is 2. The summed E-state index contributed by atoms with van der Waals surface area (Å²) in [6.07, 6.45) is 0. The number of hydrogen-bond donors (Lipinski definition) is 2. The van der Waals surface area contributed by atoms with Crippen LogP contribution in [0.3, 0.4) is 0 Å². The molecule has 0 saturated heterocycles. The van der Waals surface area contributed by atoms with Gasteiger partial charge in [0.1, 0.15) is 11.8 Å². The first-order valence-corrected chi connectivity index (χ1v) is 7.92. The Balaban J connectivity index is 2.17. The van der Waals surface area contributed by atoms with Crippen LogP contribution in [0.5, 0.6) is 0 Å². The third-order valence-corrected chi connectivity index (χ3v) is 3.59. The van der Waals surface area contributed by atoms with Crippen molar-refractivity contribution in [3.8, 4) is 6.07 Å². The first-order chi connectivity index (χ1) is 11.8. The van der Waals surface area contributed by atoms with Crippen LogP contribution >= 0.6 is 0 Å². The van der Waals surface area contributed by atoms with Crippen LogP contribution in [0.25, 0.3) is 0 Å². The Bertz CT molecular complexity index is 866. The molecule has 25 heavy (non-hydrogen) atoms. The van der Waals surface area contributed by atoms with Gasteiger partial charge in [0, 0.05) is 17.3 Å². The number of nitrogens with zero attached hydrogens (tertiary/aromatic N) is 2. The van der Waals surface area contributed by atoms with Gasteiger partial charge < -0.3 is 10.6 Å². The number of nitriles is 1. The van der Waals surface area contributed by atoms with Crippen molar-refractivity contribution in [2.75, 3.05) is 5.32 Å². The summed E-state index contributed by atoms with van der Waals surface area (Å²) in [5.74, 6) is -0.513. The number of rotatable bonds is 4. The molecule has 2 amide bonds. The predicted octanol–water partition coefficient (Wildman–Crippen LogP) is 2.96. The lowest BCUT2D eigenvalue weighted by Gasteiger charge is -2.12. The lowest BCUT2D eigenvalue weighted by atomic mass is 10.1. The molecule has 0 radical (unpaired) electrons. The highest BCUT2D eigenvalue weighted by atomic mass is 16.2. The van der Waals surface area contributed by atoms with Gasteiger partial charge in [-0.25, -0.2) is 4.98 Å². The summed E-state index contributed by atoms with van der Waals surface area (Å²) in [4.78, 5) is 28.5. The van der Waals surface area contributed by atoms with Gasteiger partial charge in [-0.15, -0.1) is 0 Å². The minimum Gasteiger partial charge on any atom is -0.350 e. The summed E-state index contributed by atoms with van der Waals surface area (Å²) in [7, 11) is 0. The smallest absolute Gasteiger partial charge is 0.274 e. The van der Waals surface area contributed by atoms with Crippen molar-refractivity contribution in [3.63, 3.8) is 0 Å². The van der Waals surface area contributed by atoms with Crippen LogP contribution in [0.1, 0.15) is 51.5 Å². The first-order valence-electron chi connectivity index (χ1n) is 7.92. The summed E-state index contributed by atoms with van der Waals surface area (Å²) in [5.41, 5.74) is 3.09. The molecular weight excluding hydrogens is 316 g/mol. The molecule has 2 N–H and O–H groups in total. The zero-order chi connectivity index (χ0) is 18.6. The van der Waals surface area contributed by atoms with Gasteiger partial charge >= 0.3 is 0 Å². The SMILES string of the molecule is Cc1cc(NC(=O)c2ccc(C#N)c(C)n2)ccc1C(=O)NC(C)C. The van der Waals surface area contributed by atoms with E-state index in [4.69, 9.17) is 5.26 Å². The zero-order valence-electron chi connectivity index (χ0n) is 14.7. The lowest BCUT2D eigenvalue weighted by molar-refractivity contribution is 0.0942. The van der Waals surface area contributed by atoms with Crippen LogP contribution in [0.2, 0.25) is 0 Å². The van der Waals surface area contributed by atoms with E-state index in [0.717, 1.165) is 5.56 Å². The molecule has 1 aromatic carbocycles. The number of carbonyl (C=O) groups excluding carboxylic acids is 2. The van der Waals surface area contributed by atoms with E-state index in [-0.39, 0.29) is 23.6 Å². The predicted molar refractivity (Wildman–Crippen MR) is 95.4 cm³/mol. The molecule has 1 heterocycles. The van der Waals surface area contributed by atoms with Crippen molar-refractivity contribution >= 4 is 17.5 Å². The molecule has 0 atom stereocenters. The fourth-order valence-corrected chi connectivity index (χ4v) is 2.34. The molecule has 2 aromatic rings. The number of anilines is 1. The molecule has 1 aromatic heterocycles. The average Bonchev–Trinajstić information content (AvgIpc) is 2.54. The molecular formula is C19H20N4O2. The van der Waals surface area contributed by atoms with Crippen molar-refractivity contribution in [3.05, 3.63) is 58.4 Å². The molecule has 2 rings (SSSR count). The van der Waals surface area contributed by atoms with Gasteiger partial charge in [0.2, 0.25) is 0 Å². The molecule has 128 valence electrons. The summed E-state index contributed by atoms with van der Waals surface area (Å²) in [6.45, 7) is 7.29. The van der Waals surface area contributed by atoms with Crippen molar-refractivity contribution in [1.29, 1.82) is 5.26 Å². The van der Waals surface area contributed by atoms with Gasteiger partial charge in [0.15, 0.2) is 0 Å². The molecule has 0 bridgehead atoms. The maximum atomic E-state index is 12.3. The van der Waals surface area contributed by atoms with Crippen LogP contribution in [0.15, 0.2) is 30.3 Å². The second-order valence-corrected chi connectivity index (χ2v) is 6.05. The van der Waals surface area contributed by atoms with E-state index < -0.39 is 0 Å². The van der Waals surface area contributed by atoms with Gasteiger partial charge in [-0.3, -0.25) is 9.59 Å². The molecule has 0 aliphatic carbocycles. The number of benzene rings is 1.